The SMILES string of the molecule is COC(=O)c1ccc(/C=N\NC(=O)[C@H](O)c2ccccc2)cc1. The molecule has 2 N–H and O–H groups in total. The highest BCUT2D eigenvalue weighted by molar-refractivity contribution is 5.91. The van der Waals surface area contributed by atoms with Crippen LogP contribution in [0.25, 0.3) is 0 Å². The molecule has 6 heteroatoms. The van der Waals surface area contributed by atoms with E-state index in [1.807, 2.05) is 0 Å². The number of aliphatic hydroxyl groups is 1. The molecule has 0 aromatic heterocycles. The van der Waals surface area contributed by atoms with Crippen LogP contribution in [0.3, 0.4) is 0 Å². The third kappa shape index (κ3) is 4.49. The lowest BCUT2D eigenvalue weighted by molar-refractivity contribution is -0.129. The van der Waals surface area contributed by atoms with E-state index in [2.05, 4.69) is 15.3 Å². The number of rotatable bonds is 5. The Morgan fingerprint density at radius 1 is 1.13 bits per heavy atom. The standard InChI is InChI=1S/C17H16N2O4/c1-23-17(22)14-9-7-12(8-10-14)11-18-19-16(21)15(20)13-5-3-2-4-6-13/h2-11,15,20H,1H3,(H,19,21)/b18-11-/t15-/m1/s1. The predicted molar refractivity (Wildman–Crippen MR) is 84.9 cm³/mol. The molecule has 118 valence electrons. The van der Waals surface area contributed by atoms with Crippen LogP contribution in [0.1, 0.15) is 27.6 Å². The van der Waals surface area contributed by atoms with Gasteiger partial charge in [-0.3, -0.25) is 4.79 Å². The van der Waals surface area contributed by atoms with E-state index in [4.69, 9.17) is 0 Å². The Balaban J connectivity index is 1.93. The molecule has 0 fully saturated rings. The summed E-state index contributed by atoms with van der Waals surface area (Å²) in [4.78, 5) is 23.1. The first kappa shape index (κ1) is 16.4. The smallest absolute Gasteiger partial charge is 0.337 e. The van der Waals surface area contributed by atoms with Gasteiger partial charge < -0.3 is 9.84 Å². The summed E-state index contributed by atoms with van der Waals surface area (Å²) in [6.07, 6.45) is 0.131. The molecule has 0 saturated heterocycles. The van der Waals surface area contributed by atoms with Gasteiger partial charge in [-0.25, -0.2) is 10.2 Å². The number of carbonyl (C=O) groups excluding carboxylic acids is 2. The number of hydrazone groups is 1. The van der Waals surface area contributed by atoms with Crippen LogP contribution in [-0.2, 0) is 9.53 Å². The third-order valence-corrected chi connectivity index (χ3v) is 3.08. The minimum atomic E-state index is -1.28. The van der Waals surface area contributed by atoms with Crippen LogP contribution < -0.4 is 5.43 Å². The Hall–Kier alpha value is -2.99. The van der Waals surface area contributed by atoms with Crippen molar-refractivity contribution in [2.75, 3.05) is 7.11 Å². The van der Waals surface area contributed by atoms with Gasteiger partial charge in [-0.15, -0.1) is 0 Å². The van der Waals surface area contributed by atoms with E-state index in [-0.39, 0.29) is 0 Å². The summed E-state index contributed by atoms with van der Waals surface area (Å²) in [6.45, 7) is 0. The van der Waals surface area contributed by atoms with Gasteiger partial charge in [0.1, 0.15) is 0 Å². The van der Waals surface area contributed by atoms with Crippen LogP contribution in [0, 0.1) is 0 Å². The first-order valence-electron chi connectivity index (χ1n) is 6.86. The molecule has 0 spiro atoms. The van der Waals surface area contributed by atoms with Gasteiger partial charge >= 0.3 is 5.97 Å². The highest BCUT2D eigenvalue weighted by Gasteiger charge is 2.15. The number of amides is 1. The van der Waals surface area contributed by atoms with Crippen LogP contribution in [0.5, 0.6) is 0 Å². The van der Waals surface area contributed by atoms with Gasteiger partial charge in [-0.1, -0.05) is 42.5 Å². The number of esters is 1. The fraction of sp³-hybridized carbons (Fsp3) is 0.118. The Morgan fingerprint density at radius 2 is 1.78 bits per heavy atom. The summed E-state index contributed by atoms with van der Waals surface area (Å²) in [5.41, 5.74) is 3.87. The molecule has 0 heterocycles. The van der Waals surface area contributed by atoms with E-state index >= 15 is 0 Å². The molecule has 0 aliphatic carbocycles. The van der Waals surface area contributed by atoms with Crippen molar-refractivity contribution in [2.45, 2.75) is 6.10 Å². The summed E-state index contributed by atoms with van der Waals surface area (Å²) in [5.74, 6) is -1.05. The molecule has 1 amide bonds. The van der Waals surface area contributed by atoms with Crippen LogP contribution in [-0.4, -0.2) is 30.3 Å². The number of hydrogen-bond donors (Lipinski definition) is 2. The van der Waals surface area contributed by atoms with E-state index in [1.54, 1.807) is 54.6 Å². The highest BCUT2D eigenvalue weighted by atomic mass is 16.5. The molecule has 23 heavy (non-hydrogen) atoms. The average Bonchev–Trinajstić information content (AvgIpc) is 2.61. The quantitative estimate of drug-likeness (QED) is 0.499. The number of benzene rings is 2. The maximum atomic E-state index is 11.8. The molecule has 0 bridgehead atoms. The molecular formula is C17H16N2O4. The predicted octanol–water partition coefficient (Wildman–Crippen LogP) is 1.66. The first-order valence-corrected chi connectivity index (χ1v) is 6.86. The van der Waals surface area contributed by atoms with Gasteiger partial charge in [0, 0.05) is 0 Å². The number of aliphatic hydroxyl groups excluding tert-OH is 1. The minimum Gasteiger partial charge on any atom is -0.465 e. The van der Waals surface area contributed by atoms with Crippen molar-refractivity contribution in [1.29, 1.82) is 0 Å². The second kappa shape index (κ2) is 7.86. The Labute approximate surface area is 133 Å². The van der Waals surface area contributed by atoms with Gasteiger partial charge in [0.2, 0.25) is 0 Å². The van der Waals surface area contributed by atoms with Crippen molar-refractivity contribution >= 4 is 18.1 Å². The average molecular weight is 312 g/mol. The lowest BCUT2D eigenvalue weighted by Crippen LogP contribution is -2.25. The topological polar surface area (TPSA) is 88.0 Å². The van der Waals surface area contributed by atoms with Crippen molar-refractivity contribution in [2.24, 2.45) is 5.10 Å². The van der Waals surface area contributed by atoms with E-state index in [0.29, 0.717) is 16.7 Å². The lowest BCUT2D eigenvalue weighted by Gasteiger charge is -2.08. The number of carbonyl (C=O) groups is 2. The third-order valence-electron chi connectivity index (χ3n) is 3.08. The monoisotopic (exact) mass is 312 g/mol. The second-order valence-corrected chi connectivity index (χ2v) is 4.66. The minimum absolute atomic E-state index is 0.423. The molecular weight excluding hydrogens is 296 g/mol. The lowest BCUT2D eigenvalue weighted by atomic mass is 10.1. The molecule has 6 nitrogen and oxygen atoms in total. The fourth-order valence-electron chi connectivity index (χ4n) is 1.84. The summed E-state index contributed by atoms with van der Waals surface area (Å²) < 4.78 is 4.60. The van der Waals surface area contributed by atoms with E-state index in [9.17, 15) is 14.7 Å². The zero-order valence-corrected chi connectivity index (χ0v) is 12.5. The molecule has 0 saturated carbocycles. The van der Waals surface area contributed by atoms with Crippen LogP contribution in [0.4, 0.5) is 0 Å². The highest BCUT2D eigenvalue weighted by Crippen LogP contribution is 2.11. The van der Waals surface area contributed by atoms with Crippen molar-refractivity contribution in [1.82, 2.24) is 5.43 Å². The number of hydrogen-bond acceptors (Lipinski definition) is 5. The van der Waals surface area contributed by atoms with E-state index in [1.165, 1.54) is 13.3 Å². The first-order chi connectivity index (χ1) is 11.1. The number of ether oxygens (including phenoxy) is 1. The zero-order chi connectivity index (χ0) is 16.7. The molecule has 0 aliphatic heterocycles. The molecule has 2 aromatic carbocycles. The van der Waals surface area contributed by atoms with Gasteiger partial charge in [0.25, 0.3) is 5.91 Å². The molecule has 1 atom stereocenters. The zero-order valence-electron chi connectivity index (χ0n) is 12.5. The van der Waals surface area contributed by atoms with Gasteiger partial charge in [0.05, 0.1) is 18.9 Å². The van der Waals surface area contributed by atoms with Crippen molar-refractivity contribution < 1.29 is 19.4 Å². The van der Waals surface area contributed by atoms with Crippen molar-refractivity contribution in [3.63, 3.8) is 0 Å². The fourth-order valence-corrected chi connectivity index (χ4v) is 1.84. The van der Waals surface area contributed by atoms with E-state index < -0.39 is 18.0 Å². The Kier molecular flexibility index (Phi) is 5.60. The number of nitrogens with one attached hydrogen (secondary N) is 1. The summed E-state index contributed by atoms with van der Waals surface area (Å²) >= 11 is 0. The normalized spacial score (nSPS) is 11.9. The van der Waals surface area contributed by atoms with Gasteiger partial charge in [-0.2, -0.15) is 5.10 Å². The molecule has 0 unspecified atom stereocenters. The van der Waals surface area contributed by atoms with Crippen LogP contribution in [0.15, 0.2) is 59.7 Å². The summed E-state index contributed by atoms with van der Waals surface area (Å²) in [7, 11) is 1.31. The maximum Gasteiger partial charge on any atom is 0.337 e. The number of nitrogens with zero attached hydrogens (tertiary/aromatic N) is 1. The van der Waals surface area contributed by atoms with Crippen molar-refractivity contribution in [3.8, 4) is 0 Å². The Bertz CT molecular complexity index is 696. The number of methoxy groups -OCH3 is 1. The second-order valence-electron chi connectivity index (χ2n) is 4.66. The molecule has 2 aromatic rings. The van der Waals surface area contributed by atoms with Crippen molar-refractivity contribution in [3.05, 3.63) is 71.3 Å². The molecule has 0 radical (unpaired) electrons. The largest absolute Gasteiger partial charge is 0.465 e. The Morgan fingerprint density at radius 3 is 2.39 bits per heavy atom. The van der Waals surface area contributed by atoms with Gasteiger partial charge in [0.15, 0.2) is 6.10 Å². The van der Waals surface area contributed by atoms with E-state index in [0.717, 1.165) is 0 Å². The van der Waals surface area contributed by atoms with Crippen LogP contribution in [0.2, 0.25) is 0 Å². The molecule has 0 aliphatic rings. The van der Waals surface area contributed by atoms with Crippen LogP contribution >= 0.6 is 0 Å². The van der Waals surface area contributed by atoms with Gasteiger partial charge in [-0.05, 0) is 23.3 Å². The summed E-state index contributed by atoms with van der Waals surface area (Å²) in [5, 5.41) is 13.7. The maximum absolute atomic E-state index is 11.8. The molecule has 2 rings (SSSR count). The summed E-state index contributed by atoms with van der Waals surface area (Å²) in [6, 6.07) is 15.1.